The molecule has 0 radical (unpaired) electrons. The maximum atomic E-state index is 6.16. The minimum atomic E-state index is 0.317. The Bertz CT molecular complexity index is 299. The van der Waals surface area contributed by atoms with Crippen molar-refractivity contribution in [3.63, 3.8) is 0 Å². The molecule has 2 atom stereocenters. The lowest BCUT2D eigenvalue weighted by atomic mass is 9.90. The number of aromatic nitrogens is 1. The molecule has 0 spiro atoms. The molecule has 1 aromatic rings. The van der Waals surface area contributed by atoms with Crippen LogP contribution in [0.3, 0.4) is 0 Å². The summed E-state index contributed by atoms with van der Waals surface area (Å²) in [4.78, 5) is 6.33. The number of nitrogens with zero attached hydrogens (tertiary/aromatic N) is 2. The van der Waals surface area contributed by atoms with Crippen LogP contribution in [0.5, 0.6) is 0 Å². The van der Waals surface area contributed by atoms with E-state index in [1.165, 1.54) is 24.9 Å². The third kappa shape index (κ3) is 2.29. The summed E-state index contributed by atoms with van der Waals surface area (Å²) in [7, 11) is 2.13. The summed E-state index contributed by atoms with van der Waals surface area (Å²) in [5.74, 6) is 0. The van der Waals surface area contributed by atoms with Crippen LogP contribution < -0.4 is 10.6 Å². The van der Waals surface area contributed by atoms with Crippen molar-refractivity contribution >= 4 is 5.69 Å². The van der Waals surface area contributed by atoms with Crippen molar-refractivity contribution in [1.29, 1.82) is 0 Å². The van der Waals surface area contributed by atoms with Gasteiger partial charge in [0.1, 0.15) is 0 Å². The molecule has 0 aromatic carbocycles. The molecule has 2 rings (SSSR count). The monoisotopic (exact) mass is 205 g/mol. The normalized spacial score (nSPS) is 26.3. The zero-order valence-electron chi connectivity index (χ0n) is 9.26. The van der Waals surface area contributed by atoms with Gasteiger partial charge in [0.2, 0.25) is 0 Å². The van der Waals surface area contributed by atoms with Gasteiger partial charge in [-0.2, -0.15) is 0 Å². The first-order valence-electron chi connectivity index (χ1n) is 5.67. The molecule has 1 heterocycles. The van der Waals surface area contributed by atoms with Gasteiger partial charge < -0.3 is 10.6 Å². The van der Waals surface area contributed by atoms with Crippen LogP contribution in [0, 0.1) is 0 Å². The molecule has 15 heavy (non-hydrogen) atoms. The van der Waals surface area contributed by atoms with Crippen LogP contribution in [0.25, 0.3) is 0 Å². The molecule has 1 aliphatic carbocycles. The van der Waals surface area contributed by atoms with Crippen molar-refractivity contribution < 1.29 is 0 Å². The van der Waals surface area contributed by atoms with E-state index in [9.17, 15) is 0 Å². The minimum Gasteiger partial charge on any atom is -0.370 e. The van der Waals surface area contributed by atoms with E-state index in [-0.39, 0.29) is 0 Å². The minimum absolute atomic E-state index is 0.317. The molecule has 1 aliphatic rings. The first-order chi connectivity index (χ1) is 7.29. The maximum Gasteiger partial charge on any atom is 0.0437 e. The molecule has 0 aliphatic heterocycles. The van der Waals surface area contributed by atoms with Crippen molar-refractivity contribution in [2.45, 2.75) is 37.8 Å². The second-order valence-corrected chi connectivity index (χ2v) is 4.33. The molecule has 0 amide bonds. The van der Waals surface area contributed by atoms with Crippen LogP contribution in [0.2, 0.25) is 0 Å². The molecule has 3 nitrogen and oxygen atoms in total. The van der Waals surface area contributed by atoms with Gasteiger partial charge in [-0.05, 0) is 25.0 Å². The van der Waals surface area contributed by atoms with Crippen molar-refractivity contribution in [3.8, 4) is 0 Å². The summed E-state index contributed by atoms with van der Waals surface area (Å²) in [5.41, 5.74) is 7.38. The van der Waals surface area contributed by atoms with E-state index in [1.807, 2.05) is 24.5 Å². The van der Waals surface area contributed by atoms with Gasteiger partial charge >= 0.3 is 0 Å². The van der Waals surface area contributed by atoms with Gasteiger partial charge in [0.25, 0.3) is 0 Å². The van der Waals surface area contributed by atoms with Gasteiger partial charge in [-0.25, -0.2) is 0 Å². The summed E-state index contributed by atoms with van der Waals surface area (Å²) >= 11 is 0. The molecule has 0 bridgehead atoms. The van der Waals surface area contributed by atoms with E-state index in [0.29, 0.717) is 12.1 Å². The molecule has 1 saturated carbocycles. The molecule has 2 N–H and O–H groups in total. The fraction of sp³-hybridized carbons (Fsp3) is 0.583. The van der Waals surface area contributed by atoms with Crippen molar-refractivity contribution in [2.24, 2.45) is 5.73 Å². The van der Waals surface area contributed by atoms with Gasteiger partial charge in [0, 0.05) is 37.2 Å². The number of anilines is 1. The predicted molar refractivity (Wildman–Crippen MR) is 62.9 cm³/mol. The lowest BCUT2D eigenvalue weighted by Crippen LogP contribution is -2.48. The predicted octanol–water partition coefficient (Wildman–Crippen LogP) is 1.79. The summed E-state index contributed by atoms with van der Waals surface area (Å²) in [6.07, 6.45) is 8.61. The molecular weight excluding hydrogens is 186 g/mol. The van der Waals surface area contributed by atoms with Crippen LogP contribution >= 0.6 is 0 Å². The van der Waals surface area contributed by atoms with Gasteiger partial charge in [-0.1, -0.05) is 12.8 Å². The highest BCUT2D eigenvalue weighted by molar-refractivity contribution is 5.45. The topological polar surface area (TPSA) is 42.2 Å². The Morgan fingerprint density at radius 3 is 2.60 bits per heavy atom. The summed E-state index contributed by atoms with van der Waals surface area (Å²) in [6.45, 7) is 0. The number of hydrogen-bond acceptors (Lipinski definition) is 3. The Kier molecular flexibility index (Phi) is 3.21. The van der Waals surface area contributed by atoms with Crippen molar-refractivity contribution in [2.75, 3.05) is 11.9 Å². The maximum absolute atomic E-state index is 6.16. The number of hydrogen-bond donors (Lipinski definition) is 1. The largest absolute Gasteiger partial charge is 0.370 e. The average molecular weight is 205 g/mol. The number of nitrogens with two attached hydrogens (primary N) is 1. The van der Waals surface area contributed by atoms with E-state index in [0.717, 1.165) is 6.42 Å². The number of pyridine rings is 1. The fourth-order valence-electron chi connectivity index (χ4n) is 2.39. The Labute approximate surface area is 91.3 Å². The molecule has 0 saturated heterocycles. The van der Waals surface area contributed by atoms with Crippen molar-refractivity contribution in [3.05, 3.63) is 24.5 Å². The standard InChI is InChI=1S/C12H19N3/c1-15(10-6-8-14-9-7-10)12-5-3-2-4-11(12)13/h6-9,11-12H,2-5,13H2,1H3. The first kappa shape index (κ1) is 10.4. The van der Waals surface area contributed by atoms with Gasteiger partial charge in [0.05, 0.1) is 0 Å². The zero-order valence-corrected chi connectivity index (χ0v) is 9.26. The molecule has 1 fully saturated rings. The van der Waals surface area contributed by atoms with Crippen LogP contribution in [0.1, 0.15) is 25.7 Å². The van der Waals surface area contributed by atoms with E-state index >= 15 is 0 Å². The molecule has 82 valence electrons. The first-order valence-corrected chi connectivity index (χ1v) is 5.67. The van der Waals surface area contributed by atoms with Crippen molar-refractivity contribution in [1.82, 2.24) is 4.98 Å². The smallest absolute Gasteiger partial charge is 0.0437 e. The highest BCUT2D eigenvalue weighted by Crippen LogP contribution is 2.24. The highest BCUT2D eigenvalue weighted by atomic mass is 15.2. The van der Waals surface area contributed by atoms with E-state index in [2.05, 4.69) is 16.9 Å². The molecule has 3 heteroatoms. The lowest BCUT2D eigenvalue weighted by Gasteiger charge is -2.37. The SMILES string of the molecule is CN(c1ccncc1)C1CCCCC1N. The zero-order chi connectivity index (χ0) is 10.7. The van der Waals surface area contributed by atoms with E-state index in [1.54, 1.807) is 0 Å². The van der Waals surface area contributed by atoms with E-state index in [4.69, 9.17) is 5.73 Å². The second-order valence-electron chi connectivity index (χ2n) is 4.33. The Morgan fingerprint density at radius 1 is 1.27 bits per heavy atom. The third-order valence-corrected chi connectivity index (χ3v) is 3.35. The van der Waals surface area contributed by atoms with Crippen LogP contribution in [0.15, 0.2) is 24.5 Å². The molecule has 2 unspecified atom stereocenters. The second kappa shape index (κ2) is 4.62. The molecule has 1 aromatic heterocycles. The number of likely N-dealkylation sites (N-methyl/N-ethyl adjacent to an activating group) is 1. The van der Waals surface area contributed by atoms with Crippen LogP contribution in [-0.4, -0.2) is 24.1 Å². The summed E-state index contributed by atoms with van der Waals surface area (Å²) < 4.78 is 0. The average Bonchev–Trinajstić information content (AvgIpc) is 2.30. The Hall–Kier alpha value is -1.09. The summed E-state index contributed by atoms with van der Waals surface area (Å²) in [5, 5.41) is 0. The van der Waals surface area contributed by atoms with Crippen LogP contribution in [-0.2, 0) is 0 Å². The highest BCUT2D eigenvalue weighted by Gasteiger charge is 2.25. The fourth-order valence-corrected chi connectivity index (χ4v) is 2.39. The van der Waals surface area contributed by atoms with Gasteiger partial charge in [-0.15, -0.1) is 0 Å². The summed E-state index contributed by atoms with van der Waals surface area (Å²) in [6, 6.07) is 4.89. The Morgan fingerprint density at radius 2 is 1.93 bits per heavy atom. The number of rotatable bonds is 2. The van der Waals surface area contributed by atoms with E-state index < -0.39 is 0 Å². The quantitative estimate of drug-likeness (QED) is 0.800. The Balaban J connectivity index is 2.09. The van der Waals surface area contributed by atoms with Crippen LogP contribution in [0.4, 0.5) is 5.69 Å². The lowest BCUT2D eigenvalue weighted by molar-refractivity contribution is 0.373. The van der Waals surface area contributed by atoms with Gasteiger partial charge in [-0.3, -0.25) is 4.98 Å². The van der Waals surface area contributed by atoms with Gasteiger partial charge in [0.15, 0.2) is 0 Å². The third-order valence-electron chi connectivity index (χ3n) is 3.35. The molecular formula is C12H19N3.